The molecule has 0 aliphatic carbocycles. The van der Waals surface area contributed by atoms with Crippen molar-refractivity contribution in [1.82, 2.24) is 4.57 Å². The molecule has 4 nitrogen and oxygen atoms in total. The molecule has 0 amide bonds. The van der Waals surface area contributed by atoms with Gasteiger partial charge in [-0.1, -0.05) is 18.2 Å². The van der Waals surface area contributed by atoms with E-state index in [1.807, 2.05) is 24.3 Å². The van der Waals surface area contributed by atoms with Gasteiger partial charge in [-0.05, 0) is 32.9 Å². The van der Waals surface area contributed by atoms with Crippen LogP contribution in [0.3, 0.4) is 0 Å². The molecule has 0 unspecified atom stereocenters. The van der Waals surface area contributed by atoms with Crippen molar-refractivity contribution in [2.24, 2.45) is 0 Å². The number of hydrogen-bond acceptors (Lipinski definition) is 2. The molecule has 3 rings (SSSR count). The van der Waals surface area contributed by atoms with E-state index >= 15 is 0 Å². The van der Waals surface area contributed by atoms with Crippen molar-refractivity contribution in [2.45, 2.75) is 26.8 Å². The lowest BCUT2D eigenvalue weighted by atomic mass is 10.1. The predicted octanol–water partition coefficient (Wildman–Crippen LogP) is 4.59. The first-order valence-corrected chi connectivity index (χ1v) is 6.68. The zero-order valence-corrected chi connectivity index (χ0v) is 11.8. The van der Waals surface area contributed by atoms with Crippen molar-refractivity contribution in [3.05, 3.63) is 52.1 Å². The third-order valence-corrected chi connectivity index (χ3v) is 3.74. The van der Waals surface area contributed by atoms with E-state index in [1.54, 1.807) is 13.0 Å². The highest BCUT2D eigenvalue weighted by Crippen LogP contribution is 2.35. The molecule has 1 aromatic heterocycles. The Morgan fingerprint density at radius 3 is 2.45 bits per heavy atom. The van der Waals surface area contributed by atoms with Crippen molar-refractivity contribution in [3.63, 3.8) is 0 Å². The van der Waals surface area contributed by atoms with E-state index in [4.69, 9.17) is 0 Å². The van der Waals surface area contributed by atoms with Crippen LogP contribution in [0.5, 0.6) is 0 Å². The van der Waals surface area contributed by atoms with Gasteiger partial charge in [-0.2, -0.15) is 0 Å². The van der Waals surface area contributed by atoms with Gasteiger partial charge in [0.25, 0.3) is 5.69 Å². The largest absolute Gasteiger partial charge is 0.338 e. The molecule has 2 aromatic carbocycles. The van der Waals surface area contributed by atoms with Crippen molar-refractivity contribution < 1.29 is 4.92 Å². The molecule has 0 saturated carbocycles. The molecule has 102 valence electrons. The SMILES string of the molecule is Cc1cc2c(cc1[N+](=O)[O-])c1ccccc1n2C(C)C. The second-order valence-corrected chi connectivity index (χ2v) is 5.39. The summed E-state index contributed by atoms with van der Waals surface area (Å²) >= 11 is 0. The van der Waals surface area contributed by atoms with Gasteiger partial charge in [0.15, 0.2) is 0 Å². The summed E-state index contributed by atoms with van der Waals surface area (Å²) in [6, 6.07) is 12.0. The zero-order valence-electron chi connectivity index (χ0n) is 11.8. The van der Waals surface area contributed by atoms with Crippen LogP contribution in [0.2, 0.25) is 0 Å². The Bertz CT molecular complexity index is 831. The van der Waals surface area contributed by atoms with Gasteiger partial charge in [0.2, 0.25) is 0 Å². The first kappa shape index (κ1) is 12.7. The fraction of sp³-hybridized carbons (Fsp3) is 0.250. The highest BCUT2D eigenvalue weighted by Gasteiger charge is 2.18. The van der Waals surface area contributed by atoms with Gasteiger partial charge in [0, 0.05) is 34.0 Å². The van der Waals surface area contributed by atoms with Gasteiger partial charge >= 0.3 is 0 Å². The molecule has 3 aromatic rings. The van der Waals surface area contributed by atoms with E-state index in [9.17, 15) is 10.1 Å². The Hall–Kier alpha value is -2.36. The lowest BCUT2D eigenvalue weighted by Crippen LogP contribution is -2.00. The fourth-order valence-corrected chi connectivity index (χ4v) is 2.89. The van der Waals surface area contributed by atoms with Crippen LogP contribution < -0.4 is 0 Å². The quantitative estimate of drug-likeness (QED) is 0.504. The average Bonchev–Trinajstić information content (AvgIpc) is 2.70. The number of rotatable bonds is 2. The van der Waals surface area contributed by atoms with E-state index in [2.05, 4.69) is 24.5 Å². The number of aromatic nitrogens is 1. The van der Waals surface area contributed by atoms with E-state index < -0.39 is 0 Å². The van der Waals surface area contributed by atoms with Crippen LogP contribution >= 0.6 is 0 Å². The van der Waals surface area contributed by atoms with Crippen molar-refractivity contribution in [2.75, 3.05) is 0 Å². The van der Waals surface area contributed by atoms with Crippen LogP contribution in [0.1, 0.15) is 25.5 Å². The zero-order chi connectivity index (χ0) is 14.4. The van der Waals surface area contributed by atoms with Crippen molar-refractivity contribution in [3.8, 4) is 0 Å². The summed E-state index contributed by atoms with van der Waals surface area (Å²) < 4.78 is 2.24. The van der Waals surface area contributed by atoms with Crippen molar-refractivity contribution in [1.29, 1.82) is 0 Å². The Morgan fingerprint density at radius 2 is 1.80 bits per heavy atom. The Kier molecular flexibility index (Phi) is 2.74. The summed E-state index contributed by atoms with van der Waals surface area (Å²) in [6.45, 7) is 6.05. The maximum atomic E-state index is 11.1. The van der Waals surface area contributed by atoms with Crippen molar-refractivity contribution >= 4 is 27.5 Å². The van der Waals surface area contributed by atoms with Gasteiger partial charge in [0.05, 0.1) is 10.4 Å². The summed E-state index contributed by atoms with van der Waals surface area (Å²) in [5.41, 5.74) is 3.07. The fourth-order valence-electron chi connectivity index (χ4n) is 2.89. The summed E-state index contributed by atoms with van der Waals surface area (Å²) in [4.78, 5) is 10.8. The van der Waals surface area contributed by atoms with Crippen LogP contribution in [0.15, 0.2) is 36.4 Å². The molecular weight excluding hydrogens is 252 g/mol. The Labute approximate surface area is 116 Å². The van der Waals surface area contributed by atoms with E-state index in [0.717, 1.165) is 21.8 Å². The first-order chi connectivity index (χ1) is 9.50. The molecule has 0 fully saturated rings. The van der Waals surface area contributed by atoms with Crippen LogP contribution in [-0.2, 0) is 0 Å². The number of para-hydroxylation sites is 1. The number of fused-ring (bicyclic) bond motifs is 3. The second-order valence-electron chi connectivity index (χ2n) is 5.39. The number of benzene rings is 2. The molecule has 20 heavy (non-hydrogen) atoms. The lowest BCUT2D eigenvalue weighted by Gasteiger charge is -2.11. The molecule has 0 aliphatic heterocycles. The van der Waals surface area contributed by atoms with Gasteiger partial charge in [-0.25, -0.2) is 0 Å². The lowest BCUT2D eigenvalue weighted by molar-refractivity contribution is -0.385. The van der Waals surface area contributed by atoms with Gasteiger partial charge in [-0.3, -0.25) is 10.1 Å². The molecule has 0 aliphatic rings. The normalized spacial score (nSPS) is 11.6. The summed E-state index contributed by atoms with van der Waals surface area (Å²) in [7, 11) is 0. The van der Waals surface area contributed by atoms with Gasteiger partial charge in [0.1, 0.15) is 0 Å². The molecule has 0 saturated heterocycles. The van der Waals surface area contributed by atoms with Crippen LogP contribution in [0.4, 0.5) is 5.69 Å². The molecule has 0 atom stereocenters. The van der Waals surface area contributed by atoms with E-state index in [1.165, 1.54) is 0 Å². The van der Waals surface area contributed by atoms with Gasteiger partial charge in [-0.15, -0.1) is 0 Å². The summed E-state index contributed by atoms with van der Waals surface area (Å²) in [5, 5.41) is 13.2. The molecule has 4 heteroatoms. The van der Waals surface area contributed by atoms with E-state index in [-0.39, 0.29) is 10.6 Å². The first-order valence-electron chi connectivity index (χ1n) is 6.68. The maximum absolute atomic E-state index is 11.1. The number of nitro benzene ring substituents is 1. The summed E-state index contributed by atoms with van der Waals surface area (Å²) in [5.74, 6) is 0. The average molecular weight is 268 g/mol. The number of nitrogens with zero attached hydrogens (tertiary/aromatic N) is 2. The minimum atomic E-state index is -0.309. The Balaban J connectivity index is 2.53. The minimum Gasteiger partial charge on any atom is -0.338 e. The topological polar surface area (TPSA) is 48.1 Å². The highest BCUT2D eigenvalue weighted by molar-refractivity contribution is 6.09. The minimum absolute atomic E-state index is 0.184. The highest BCUT2D eigenvalue weighted by atomic mass is 16.6. The molecule has 0 bridgehead atoms. The molecule has 0 radical (unpaired) electrons. The third-order valence-electron chi connectivity index (χ3n) is 3.74. The number of hydrogen-bond donors (Lipinski definition) is 0. The maximum Gasteiger partial charge on any atom is 0.273 e. The monoisotopic (exact) mass is 268 g/mol. The van der Waals surface area contributed by atoms with Crippen LogP contribution in [0.25, 0.3) is 21.8 Å². The number of nitro groups is 1. The molecule has 0 N–H and O–H groups in total. The predicted molar refractivity (Wildman–Crippen MR) is 81.2 cm³/mol. The summed E-state index contributed by atoms with van der Waals surface area (Å²) in [6.07, 6.45) is 0. The smallest absolute Gasteiger partial charge is 0.273 e. The van der Waals surface area contributed by atoms with Crippen LogP contribution in [0, 0.1) is 17.0 Å². The standard InChI is InChI=1S/C16H16N2O2/c1-10(2)17-14-7-5-4-6-12(14)13-9-15(18(19)20)11(3)8-16(13)17/h4-10H,1-3H3. The molecular formula is C16H16N2O2. The Morgan fingerprint density at radius 1 is 1.10 bits per heavy atom. The number of aryl methyl sites for hydroxylation is 1. The third kappa shape index (κ3) is 1.68. The van der Waals surface area contributed by atoms with Crippen LogP contribution in [-0.4, -0.2) is 9.49 Å². The van der Waals surface area contributed by atoms with E-state index in [0.29, 0.717) is 11.6 Å². The molecule has 1 heterocycles. The van der Waals surface area contributed by atoms with Gasteiger partial charge < -0.3 is 4.57 Å². The molecule has 0 spiro atoms. The second kappa shape index (κ2) is 4.34.